The highest BCUT2D eigenvalue weighted by atomic mass is 19.1. The lowest BCUT2D eigenvalue weighted by molar-refractivity contribution is -0.116. The average molecular weight is 429 g/mol. The zero-order valence-corrected chi connectivity index (χ0v) is 17.8. The van der Waals surface area contributed by atoms with Crippen LogP contribution in [0.5, 0.6) is 5.75 Å². The number of anilines is 1. The van der Waals surface area contributed by atoms with Crippen LogP contribution in [-0.4, -0.2) is 15.7 Å². The van der Waals surface area contributed by atoms with E-state index in [2.05, 4.69) is 10.4 Å². The van der Waals surface area contributed by atoms with E-state index < -0.39 is 5.82 Å². The van der Waals surface area contributed by atoms with E-state index in [1.807, 2.05) is 74.0 Å². The summed E-state index contributed by atoms with van der Waals surface area (Å²) in [6.45, 7) is 0.334. The van der Waals surface area contributed by atoms with Gasteiger partial charge in [-0.3, -0.25) is 9.48 Å². The molecule has 0 spiro atoms. The Kier molecular flexibility index (Phi) is 6.60. The zero-order valence-electron chi connectivity index (χ0n) is 17.8. The molecule has 0 saturated carbocycles. The van der Waals surface area contributed by atoms with Gasteiger partial charge < -0.3 is 10.1 Å². The van der Waals surface area contributed by atoms with Crippen molar-refractivity contribution < 1.29 is 13.9 Å². The molecule has 6 heteroatoms. The van der Waals surface area contributed by atoms with Crippen LogP contribution >= 0.6 is 0 Å². The number of rotatable bonds is 8. The van der Waals surface area contributed by atoms with Gasteiger partial charge in [-0.25, -0.2) is 4.39 Å². The molecular weight excluding hydrogens is 405 g/mol. The molecule has 0 aliphatic heterocycles. The lowest BCUT2D eigenvalue weighted by Crippen LogP contribution is -2.13. The minimum Gasteiger partial charge on any atom is -0.489 e. The predicted molar refractivity (Wildman–Crippen MR) is 123 cm³/mol. The second-order valence-electron chi connectivity index (χ2n) is 7.56. The average Bonchev–Trinajstić information content (AvgIpc) is 3.25. The van der Waals surface area contributed by atoms with Crippen LogP contribution in [0, 0.1) is 5.82 Å². The Morgan fingerprint density at radius 2 is 1.78 bits per heavy atom. The summed E-state index contributed by atoms with van der Waals surface area (Å²) < 4.78 is 21.8. The van der Waals surface area contributed by atoms with E-state index in [1.165, 1.54) is 12.1 Å². The van der Waals surface area contributed by atoms with Crippen molar-refractivity contribution in [3.63, 3.8) is 0 Å². The number of nitrogens with zero attached hydrogens (tertiary/aromatic N) is 2. The Morgan fingerprint density at radius 1 is 1.00 bits per heavy atom. The molecular formula is C26H24FN3O2. The van der Waals surface area contributed by atoms with Crippen LogP contribution in [0.3, 0.4) is 0 Å². The normalized spacial score (nSPS) is 10.7. The summed E-state index contributed by atoms with van der Waals surface area (Å²) in [5.74, 6) is -0.247. The second kappa shape index (κ2) is 9.92. The second-order valence-corrected chi connectivity index (χ2v) is 7.56. The van der Waals surface area contributed by atoms with Crippen molar-refractivity contribution in [1.82, 2.24) is 9.78 Å². The van der Waals surface area contributed by atoms with Crippen LogP contribution < -0.4 is 10.1 Å². The van der Waals surface area contributed by atoms with Crippen molar-refractivity contribution in [2.24, 2.45) is 7.05 Å². The third-order valence-electron chi connectivity index (χ3n) is 5.09. The fourth-order valence-corrected chi connectivity index (χ4v) is 3.34. The van der Waals surface area contributed by atoms with Gasteiger partial charge in [0.05, 0.1) is 11.9 Å². The Labute approximate surface area is 186 Å². The summed E-state index contributed by atoms with van der Waals surface area (Å²) in [5, 5.41) is 6.83. The molecule has 32 heavy (non-hydrogen) atoms. The molecule has 0 fully saturated rings. The molecule has 1 heterocycles. The molecule has 4 rings (SSSR count). The summed E-state index contributed by atoms with van der Waals surface area (Å²) in [5.41, 5.74) is 4.29. The van der Waals surface area contributed by atoms with Crippen LogP contribution in [0.2, 0.25) is 0 Å². The molecule has 1 aromatic heterocycles. The first-order valence-electron chi connectivity index (χ1n) is 10.4. The van der Waals surface area contributed by atoms with Gasteiger partial charge in [0.15, 0.2) is 0 Å². The molecule has 0 aliphatic rings. The standard InChI is InChI=1S/C26H24FN3O2/c1-30-17-22(16-28-30)21-10-7-20(8-11-21)18-32-23-12-13-24(27)25(15-23)29-26(31)14-9-19-5-3-2-4-6-19/h2-8,10-13,15-17H,9,14,18H2,1H3,(H,29,31). The van der Waals surface area contributed by atoms with E-state index in [-0.39, 0.29) is 18.0 Å². The SMILES string of the molecule is Cn1cc(-c2ccc(COc3ccc(F)c(NC(=O)CCc4ccccc4)c3)cc2)cn1. The summed E-state index contributed by atoms with van der Waals surface area (Å²) in [6.07, 6.45) is 4.65. The Hall–Kier alpha value is -3.93. The first kappa shape index (κ1) is 21.3. The maximum atomic E-state index is 14.2. The summed E-state index contributed by atoms with van der Waals surface area (Å²) in [4.78, 5) is 12.3. The van der Waals surface area contributed by atoms with E-state index >= 15 is 0 Å². The van der Waals surface area contributed by atoms with Gasteiger partial charge in [-0.1, -0.05) is 54.6 Å². The number of hydrogen-bond donors (Lipinski definition) is 1. The Bertz CT molecular complexity index is 1190. The number of benzene rings is 3. The summed E-state index contributed by atoms with van der Waals surface area (Å²) in [7, 11) is 1.88. The maximum Gasteiger partial charge on any atom is 0.224 e. The fraction of sp³-hybridized carbons (Fsp3) is 0.154. The molecule has 1 N–H and O–H groups in total. The van der Waals surface area contributed by atoms with Crippen molar-refractivity contribution in [3.8, 4) is 16.9 Å². The molecule has 0 aliphatic carbocycles. The van der Waals surface area contributed by atoms with E-state index in [4.69, 9.17) is 4.74 Å². The van der Waals surface area contributed by atoms with Gasteiger partial charge in [0.1, 0.15) is 18.2 Å². The van der Waals surface area contributed by atoms with Crippen molar-refractivity contribution in [2.75, 3.05) is 5.32 Å². The number of aromatic nitrogens is 2. The number of ether oxygens (including phenoxy) is 1. The summed E-state index contributed by atoms with van der Waals surface area (Å²) >= 11 is 0. The molecule has 0 atom stereocenters. The molecule has 162 valence electrons. The van der Waals surface area contributed by atoms with Crippen molar-refractivity contribution in [2.45, 2.75) is 19.4 Å². The van der Waals surface area contributed by atoms with Crippen LogP contribution in [0.4, 0.5) is 10.1 Å². The number of nitrogens with one attached hydrogen (secondary N) is 1. The molecule has 5 nitrogen and oxygen atoms in total. The number of aryl methyl sites for hydroxylation is 2. The summed E-state index contributed by atoms with van der Waals surface area (Å²) in [6, 6.07) is 22.1. The number of hydrogen-bond acceptors (Lipinski definition) is 3. The van der Waals surface area contributed by atoms with Crippen LogP contribution in [0.1, 0.15) is 17.5 Å². The zero-order chi connectivity index (χ0) is 22.3. The smallest absolute Gasteiger partial charge is 0.224 e. The number of halogens is 1. The van der Waals surface area contributed by atoms with E-state index in [1.54, 1.807) is 10.7 Å². The lowest BCUT2D eigenvalue weighted by Gasteiger charge is -2.11. The van der Waals surface area contributed by atoms with Crippen LogP contribution in [0.25, 0.3) is 11.1 Å². The van der Waals surface area contributed by atoms with Gasteiger partial charge in [-0.15, -0.1) is 0 Å². The monoisotopic (exact) mass is 429 g/mol. The van der Waals surface area contributed by atoms with Crippen LogP contribution in [0.15, 0.2) is 85.2 Å². The Morgan fingerprint density at radius 3 is 2.50 bits per heavy atom. The lowest BCUT2D eigenvalue weighted by atomic mass is 10.1. The largest absolute Gasteiger partial charge is 0.489 e. The molecule has 0 radical (unpaired) electrons. The molecule has 0 unspecified atom stereocenters. The quantitative estimate of drug-likeness (QED) is 0.409. The van der Waals surface area contributed by atoms with E-state index in [9.17, 15) is 9.18 Å². The number of amides is 1. The highest BCUT2D eigenvalue weighted by Gasteiger charge is 2.09. The van der Waals surface area contributed by atoms with E-state index in [0.717, 1.165) is 22.3 Å². The molecule has 0 saturated heterocycles. The van der Waals surface area contributed by atoms with Gasteiger partial charge in [-0.05, 0) is 35.2 Å². The van der Waals surface area contributed by atoms with Crippen molar-refractivity contribution >= 4 is 11.6 Å². The van der Waals surface area contributed by atoms with Crippen LogP contribution in [-0.2, 0) is 24.9 Å². The molecule has 4 aromatic rings. The maximum absolute atomic E-state index is 14.2. The minimum absolute atomic E-state index is 0.118. The minimum atomic E-state index is -0.494. The molecule has 0 bridgehead atoms. The third kappa shape index (κ3) is 5.60. The van der Waals surface area contributed by atoms with Gasteiger partial charge in [-0.2, -0.15) is 5.10 Å². The topological polar surface area (TPSA) is 56.1 Å². The molecule has 1 amide bonds. The number of carbonyl (C=O) groups excluding carboxylic acids is 1. The number of carbonyl (C=O) groups is 1. The van der Waals surface area contributed by atoms with Crippen molar-refractivity contribution in [3.05, 3.63) is 102 Å². The van der Waals surface area contributed by atoms with Gasteiger partial charge in [0.25, 0.3) is 0 Å². The van der Waals surface area contributed by atoms with Gasteiger partial charge in [0.2, 0.25) is 5.91 Å². The van der Waals surface area contributed by atoms with Gasteiger partial charge in [0, 0.05) is 31.3 Å². The fourth-order valence-electron chi connectivity index (χ4n) is 3.34. The van der Waals surface area contributed by atoms with Gasteiger partial charge >= 0.3 is 0 Å². The van der Waals surface area contributed by atoms with E-state index in [0.29, 0.717) is 18.8 Å². The van der Waals surface area contributed by atoms with Crippen molar-refractivity contribution in [1.29, 1.82) is 0 Å². The molecule has 3 aromatic carbocycles. The first-order chi connectivity index (χ1) is 15.6. The third-order valence-corrected chi connectivity index (χ3v) is 5.09. The predicted octanol–water partition coefficient (Wildman–Crippen LogP) is 5.38. The first-order valence-corrected chi connectivity index (χ1v) is 10.4. The Balaban J connectivity index is 1.33. The highest BCUT2D eigenvalue weighted by Crippen LogP contribution is 2.24. The highest BCUT2D eigenvalue weighted by molar-refractivity contribution is 5.91.